The molecule has 0 N–H and O–H groups in total. The molecule has 0 spiro atoms. The van der Waals surface area contributed by atoms with Gasteiger partial charge in [-0.3, -0.25) is 4.18 Å². The fourth-order valence-electron chi connectivity index (χ4n) is 2.24. The molecule has 0 aliphatic rings. The standard InChI is InChI=1S/C17H28O3S.K.H/c1-2-3-4-5-6-7-8-9-13-16-20-21(18,19)17-14-11-10-12-15-17;;/h10-12,14-15H,2-9,13,16H2,1H3;;/q;+1;-1. The number of hydrogen-bond acceptors (Lipinski definition) is 3. The van der Waals surface area contributed by atoms with Crippen molar-refractivity contribution in [2.24, 2.45) is 0 Å². The quantitative estimate of drug-likeness (QED) is 0.328. The van der Waals surface area contributed by atoms with Crippen molar-refractivity contribution in [3.8, 4) is 0 Å². The summed E-state index contributed by atoms with van der Waals surface area (Å²) in [6.07, 6.45) is 10.8. The molecule has 0 unspecified atom stereocenters. The van der Waals surface area contributed by atoms with Crippen molar-refractivity contribution >= 4 is 10.1 Å². The van der Waals surface area contributed by atoms with Gasteiger partial charge in [0.15, 0.2) is 0 Å². The molecule has 1 aromatic rings. The molecule has 1 rings (SSSR count). The number of hydrogen-bond donors (Lipinski definition) is 0. The van der Waals surface area contributed by atoms with Crippen molar-refractivity contribution in [1.29, 1.82) is 0 Å². The molecule has 0 aliphatic heterocycles. The molecule has 0 atom stereocenters. The van der Waals surface area contributed by atoms with Gasteiger partial charge in [-0.05, 0) is 18.6 Å². The zero-order valence-corrected chi connectivity index (χ0v) is 18.0. The van der Waals surface area contributed by atoms with Gasteiger partial charge < -0.3 is 1.43 Å². The first kappa shape index (κ1) is 22.8. The predicted octanol–water partition coefficient (Wildman–Crippen LogP) is 2.04. The summed E-state index contributed by atoms with van der Waals surface area (Å²) in [6, 6.07) is 8.32. The number of rotatable bonds is 12. The minimum absolute atomic E-state index is 0. The first-order valence-corrected chi connectivity index (χ1v) is 9.52. The zero-order valence-electron chi connectivity index (χ0n) is 15.1. The third-order valence-corrected chi connectivity index (χ3v) is 4.84. The van der Waals surface area contributed by atoms with E-state index in [1.54, 1.807) is 30.3 Å². The van der Waals surface area contributed by atoms with Crippen molar-refractivity contribution in [1.82, 2.24) is 0 Å². The molecule has 0 radical (unpaired) electrons. The topological polar surface area (TPSA) is 43.4 Å². The van der Waals surface area contributed by atoms with Gasteiger partial charge in [-0.2, -0.15) is 8.42 Å². The van der Waals surface area contributed by atoms with E-state index in [0.717, 1.165) is 12.8 Å². The average Bonchev–Trinajstić information content (AvgIpc) is 2.50. The smallest absolute Gasteiger partial charge is 1.00 e. The maximum atomic E-state index is 11.8. The minimum Gasteiger partial charge on any atom is -1.00 e. The molecular weight excluding hydrogens is 323 g/mol. The van der Waals surface area contributed by atoms with E-state index in [9.17, 15) is 8.42 Å². The van der Waals surface area contributed by atoms with Gasteiger partial charge in [0.1, 0.15) is 0 Å². The Morgan fingerprint density at radius 1 is 0.864 bits per heavy atom. The van der Waals surface area contributed by atoms with E-state index in [4.69, 9.17) is 4.18 Å². The Hall–Kier alpha value is 0.766. The number of benzene rings is 1. The Kier molecular flexibility index (Phi) is 14.6. The Balaban J connectivity index is 0. The van der Waals surface area contributed by atoms with E-state index in [1.165, 1.54) is 44.9 Å². The largest absolute Gasteiger partial charge is 1.00 e. The van der Waals surface area contributed by atoms with Gasteiger partial charge in [0.25, 0.3) is 10.1 Å². The maximum absolute atomic E-state index is 11.8. The first-order chi connectivity index (χ1) is 10.2. The summed E-state index contributed by atoms with van der Waals surface area (Å²) in [7, 11) is -3.57. The van der Waals surface area contributed by atoms with Crippen LogP contribution in [0.25, 0.3) is 0 Å². The Morgan fingerprint density at radius 3 is 1.91 bits per heavy atom. The molecule has 5 heteroatoms. The van der Waals surface area contributed by atoms with Crippen molar-refractivity contribution in [2.75, 3.05) is 6.61 Å². The summed E-state index contributed by atoms with van der Waals surface area (Å²) in [4.78, 5) is 0.237. The molecule has 0 aromatic heterocycles. The van der Waals surface area contributed by atoms with Gasteiger partial charge in [0.05, 0.1) is 11.5 Å². The fourth-order valence-corrected chi connectivity index (χ4v) is 3.20. The molecule has 0 saturated heterocycles. The average molecular weight is 353 g/mol. The molecule has 22 heavy (non-hydrogen) atoms. The SMILES string of the molecule is CCCCCCCCCCCOS(=O)(=O)c1ccccc1.[H-].[K+]. The summed E-state index contributed by atoms with van der Waals surface area (Å²) >= 11 is 0. The van der Waals surface area contributed by atoms with Crippen LogP contribution in [-0.2, 0) is 14.3 Å². The molecule has 3 nitrogen and oxygen atoms in total. The van der Waals surface area contributed by atoms with E-state index in [0.29, 0.717) is 0 Å². The van der Waals surface area contributed by atoms with E-state index in [1.807, 2.05) is 0 Å². The van der Waals surface area contributed by atoms with Crippen LogP contribution in [0, 0.1) is 0 Å². The second-order valence-corrected chi connectivity index (χ2v) is 7.03. The monoisotopic (exact) mass is 352 g/mol. The van der Waals surface area contributed by atoms with Gasteiger partial charge in [-0.15, -0.1) is 0 Å². The second kappa shape index (κ2) is 14.1. The normalized spacial score (nSPS) is 11.1. The van der Waals surface area contributed by atoms with E-state index in [-0.39, 0.29) is 64.3 Å². The molecule has 0 fully saturated rings. The van der Waals surface area contributed by atoms with Gasteiger partial charge in [0, 0.05) is 0 Å². The molecule has 0 bridgehead atoms. The third-order valence-electron chi connectivity index (χ3n) is 3.52. The van der Waals surface area contributed by atoms with Gasteiger partial charge >= 0.3 is 51.4 Å². The molecule has 0 aliphatic carbocycles. The second-order valence-electron chi connectivity index (χ2n) is 5.42. The summed E-state index contributed by atoms with van der Waals surface area (Å²) < 4.78 is 28.7. The van der Waals surface area contributed by atoms with E-state index < -0.39 is 10.1 Å². The van der Waals surface area contributed by atoms with Crippen molar-refractivity contribution in [2.45, 2.75) is 69.6 Å². The molecule has 0 heterocycles. The summed E-state index contributed by atoms with van der Waals surface area (Å²) in [5.41, 5.74) is 0. The van der Waals surface area contributed by atoms with Crippen molar-refractivity contribution < 1.29 is 65.4 Å². The van der Waals surface area contributed by atoms with Crippen LogP contribution in [-0.4, -0.2) is 15.0 Å². The first-order valence-electron chi connectivity index (χ1n) is 8.11. The molecule has 0 saturated carbocycles. The van der Waals surface area contributed by atoms with Gasteiger partial charge in [0.2, 0.25) is 0 Å². The van der Waals surface area contributed by atoms with Crippen LogP contribution >= 0.6 is 0 Å². The minimum atomic E-state index is -3.57. The van der Waals surface area contributed by atoms with Crippen LogP contribution in [0.1, 0.15) is 66.1 Å². The Labute approximate surface area is 180 Å². The van der Waals surface area contributed by atoms with Crippen LogP contribution in [0.5, 0.6) is 0 Å². The fraction of sp³-hybridized carbons (Fsp3) is 0.647. The summed E-state index contributed by atoms with van der Waals surface area (Å²) in [6.45, 7) is 2.51. The Morgan fingerprint density at radius 2 is 1.36 bits per heavy atom. The molecule has 1 aromatic carbocycles. The maximum Gasteiger partial charge on any atom is 1.00 e. The van der Waals surface area contributed by atoms with Crippen LogP contribution in [0.3, 0.4) is 0 Å². The summed E-state index contributed by atoms with van der Waals surface area (Å²) in [5.74, 6) is 0. The zero-order chi connectivity index (χ0) is 15.4. The van der Waals surface area contributed by atoms with Crippen LogP contribution in [0.2, 0.25) is 0 Å². The molecule has 0 amide bonds. The molecular formula is C17H29KO3S. The third kappa shape index (κ3) is 10.5. The van der Waals surface area contributed by atoms with Crippen molar-refractivity contribution in [3.63, 3.8) is 0 Å². The van der Waals surface area contributed by atoms with Crippen LogP contribution in [0.4, 0.5) is 0 Å². The van der Waals surface area contributed by atoms with Crippen LogP contribution in [0.15, 0.2) is 35.2 Å². The van der Waals surface area contributed by atoms with E-state index >= 15 is 0 Å². The molecule has 122 valence electrons. The van der Waals surface area contributed by atoms with Crippen LogP contribution < -0.4 is 51.4 Å². The van der Waals surface area contributed by atoms with Gasteiger partial charge in [-0.25, -0.2) is 0 Å². The van der Waals surface area contributed by atoms with Crippen molar-refractivity contribution in [3.05, 3.63) is 30.3 Å². The van der Waals surface area contributed by atoms with Gasteiger partial charge in [-0.1, -0.05) is 76.5 Å². The van der Waals surface area contributed by atoms with E-state index in [2.05, 4.69) is 6.92 Å². The predicted molar refractivity (Wildman–Crippen MR) is 87.9 cm³/mol. The Bertz CT molecular complexity index is 466. The summed E-state index contributed by atoms with van der Waals surface area (Å²) in [5, 5.41) is 0. The number of unbranched alkanes of at least 4 members (excludes halogenated alkanes) is 8.